The molecule has 0 radical (unpaired) electrons. The zero-order valence-corrected chi connectivity index (χ0v) is 11.9. The minimum atomic E-state index is -1.24. The lowest BCUT2D eigenvalue weighted by atomic mass is 10.0. The molecule has 8 heteroatoms. The number of rotatable bonds is 5. The van der Waals surface area contributed by atoms with Crippen LogP contribution in [-0.4, -0.2) is 57.6 Å². The summed E-state index contributed by atoms with van der Waals surface area (Å²) in [5.74, 6) is -2.74. The van der Waals surface area contributed by atoms with Crippen LogP contribution in [0.15, 0.2) is 0 Å². The van der Waals surface area contributed by atoms with Crippen LogP contribution in [0.25, 0.3) is 0 Å². The number of nitriles is 1. The molecule has 0 aromatic heterocycles. The number of aliphatic carboxylic acids is 1. The van der Waals surface area contributed by atoms with Gasteiger partial charge in [-0.3, -0.25) is 9.59 Å². The first-order valence-electron chi connectivity index (χ1n) is 6.64. The number of nitrogens with zero attached hydrogens (tertiary/aromatic N) is 2. The lowest BCUT2D eigenvalue weighted by Crippen LogP contribution is -2.50. The van der Waals surface area contributed by atoms with Gasteiger partial charge in [-0.1, -0.05) is 0 Å². The Morgan fingerprint density at radius 3 is 2.57 bits per heavy atom. The second kappa shape index (κ2) is 7.04. The number of aliphatic hydroxyl groups excluding tert-OH is 1. The van der Waals surface area contributed by atoms with Crippen molar-refractivity contribution in [1.82, 2.24) is 10.2 Å². The molecule has 0 bridgehead atoms. The van der Waals surface area contributed by atoms with E-state index in [4.69, 9.17) is 10.4 Å². The van der Waals surface area contributed by atoms with Crippen LogP contribution in [0.4, 0.5) is 0 Å². The highest BCUT2D eigenvalue weighted by Gasteiger charge is 2.38. The summed E-state index contributed by atoms with van der Waals surface area (Å²) in [7, 11) is 0. The molecule has 116 valence electrons. The van der Waals surface area contributed by atoms with Crippen LogP contribution >= 0.6 is 0 Å². The van der Waals surface area contributed by atoms with Gasteiger partial charge in [0.2, 0.25) is 11.8 Å². The number of carbonyl (C=O) groups is 3. The normalized spacial score (nSPS) is 24.0. The number of hydrogen-bond acceptors (Lipinski definition) is 5. The number of carbonyl (C=O) groups excluding carboxylic acids is 2. The molecular formula is C13H19N3O5. The van der Waals surface area contributed by atoms with Crippen LogP contribution in [0.2, 0.25) is 0 Å². The maximum atomic E-state index is 12.1. The van der Waals surface area contributed by atoms with E-state index in [1.165, 1.54) is 11.8 Å². The van der Waals surface area contributed by atoms with E-state index in [9.17, 15) is 19.5 Å². The molecular weight excluding hydrogens is 278 g/mol. The molecule has 1 rings (SSSR count). The molecule has 0 spiro atoms. The Morgan fingerprint density at radius 1 is 1.48 bits per heavy atom. The molecule has 0 aromatic carbocycles. The maximum Gasteiger partial charge on any atom is 0.326 e. The lowest BCUT2D eigenvalue weighted by Gasteiger charge is -2.24. The van der Waals surface area contributed by atoms with E-state index in [0.717, 1.165) is 0 Å². The molecule has 3 N–H and O–H groups in total. The fourth-order valence-electron chi connectivity index (χ4n) is 2.31. The molecule has 2 amide bonds. The van der Waals surface area contributed by atoms with Gasteiger partial charge >= 0.3 is 5.97 Å². The quantitative estimate of drug-likeness (QED) is 0.602. The fraction of sp³-hybridized carbons (Fsp3) is 0.692. The summed E-state index contributed by atoms with van der Waals surface area (Å²) in [6.07, 6.45) is -0.746. The molecule has 0 aromatic rings. The fourth-order valence-corrected chi connectivity index (χ4v) is 2.31. The average Bonchev–Trinajstić information content (AvgIpc) is 2.79. The SMILES string of the molecule is CC(=O)N1C[C@H](O)C[C@H]1C(=O)N[C@H](C[C@H](C)C#N)C(=O)O. The minimum Gasteiger partial charge on any atom is -0.480 e. The van der Waals surface area contributed by atoms with Gasteiger partial charge in [0.25, 0.3) is 0 Å². The first kappa shape index (κ1) is 16.9. The van der Waals surface area contributed by atoms with Crippen LogP contribution in [0.3, 0.4) is 0 Å². The van der Waals surface area contributed by atoms with E-state index in [2.05, 4.69) is 5.32 Å². The smallest absolute Gasteiger partial charge is 0.326 e. The third-order valence-corrected chi connectivity index (χ3v) is 3.41. The van der Waals surface area contributed by atoms with Crippen LogP contribution in [0.5, 0.6) is 0 Å². The van der Waals surface area contributed by atoms with Crippen molar-refractivity contribution in [3.63, 3.8) is 0 Å². The van der Waals surface area contributed by atoms with E-state index in [1.54, 1.807) is 6.92 Å². The number of aliphatic hydroxyl groups is 1. The molecule has 0 unspecified atom stereocenters. The maximum absolute atomic E-state index is 12.1. The number of likely N-dealkylation sites (tertiary alicyclic amines) is 1. The van der Waals surface area contributed by atoms with E-state index in [1.807, 2.05) is 6.07 Å². The minimum absolute atomic E-state index is 0.0209. The molecule has 21 heavy (non-hydrogen) atoms. The molecule has 1 aliphatic heterocycles. The summed E-state index contributed by atoms with van der Waals surface area (Å²) in [5, 5.41) is 29.7. The van der Waals surface area contributed by atoms with Crippen molar-refractivity contribution >= 4 is 17.8 Å². The predicted octanol–water partition coefficient (Wildman–Crippen LogP) is -0.913. The van der Waals surface area contributed by atoms with Gasteiger partial charge in [-0.05, 0) is 13.3 Å². The van der Waals surface area contributed by atoms with Crippen LogP contribution in [0.1, 0.15) is 26.7 Å². The van der Waals surface area contributed by atoms with Gasteiger partial charge in [-0.15, -0.1) is 0 Å². The van der Waals surface area contributed by atoms with E-state index in [0.29, 0.717) is 0 Å². The van der Waals surface area contributed by atoms with Crippen molar-refractivity contribution in [3.8, 4) is 6.07 Å². The summed E-state index contributed by atoms with van der Waals surface area (Å²) < 4.78 is 0. The van der Waals surface area contributed by atoms with Crippen LogP contribution < -0.4 is 5.32 Å². The molecule has 0 saturated carbocycles. The van der Waals surface area contributed by atoms with Crippen molar-refractivity contribution < 1.29 is 24.6 Å². The Balaban J connectivity index is 2.75. The summed E-state index contributed by atoms with van der Waals surface area (Å²) in [5.41, 5.74) is 0. The Hall–Kier alpha value is -2.14. The van der Waals surface area contributed by atoms with E-state index in [-0.39, 0.29) is 25.3 Å². The van der Waals surface area contributed by atoms with Crippen molar-refractivity contribution in [2.24, 2.45) is 5.92 Å². The monoisotopic (exact) mass is 297 g/mol. The number of amides is 2. The average molecular weight is 297 g/mol. The molecule has 8 nitrogen and oxygen atoms in total. The zero-order chi connectivity index (χ0) is 16.2. The third-order valence-electron chi connectivity index (χ3n) is 3.41. The van der Waals surface area contributed by atoms with Crippen LogP contribution in [-0.2, 0) is 14.4 Å². The van der Waals surface area contributed by atoms with Gasteiger partial charge in [-0.25, -0.2) is 4.79 Å². The lowest BCUT2D eigenvalue weighted by molar-refractivity contribution is -0.143. The Bertz CT molecular complexity index is 473. The highest BCUT2D eigenvalue weighted by Crippen LogP contribution is 2.18. The predicted molar refractivity (Wildman–Crippen MR) is 70.8 cm³/mol. The number of carboxylic acid groups (broad SMARTS) is 1. The van der Waals surface area contributed by atoms with Crippen molar-refractivity contribution in [1.29, 1.82) is 5.26 Å². The first-order chi connectivity index (χ1) is 9.76. The van der Waals surface area contributed by atoms with E-state index < -0.39 is 36.0 Å². The van der Waals surface area contributed by atoms with Crippen molar-refractivity contribution in [2.45, 2.75) is 44.9 Å². The standard InChI is InChI=1S/C13H19N3O5/c1-7(5-14)3-10(13(20)21)15-12(19)11-4-9(18)6-16(11)8(2)17/h7,9-11,18H,3-4,6H2,1-2H3,(H,15,19)(H,20,21)/t7-,9+,10+,11-/m0/s1. The number of nitrogens with one attached hydrogen (secondary N) is 1. The number of hydrogen-bond donors (Lipinski definition) is 3. The van der Waals surface area contributed by atoms with Gasteiger partial charge in [0.05, 0.1) is 12.2 Å². The number of carboxylic acids is 1. The summed E-state index contributed by atoms with van der Waals surface area (Å²) in [6.45, 7) is 2.90. The van der Waals surface area contributed by atoms with Crippen molar-refractivity contribution in [2.75, 3.05) is 6.54 Å². The zero-order valence-electron chi connectivity index (χ0n) is 11.9. The summed E-state index contributed by atoms with van der Waals surface area (Å²) in [6, 6.07) is -0.166. The highest BCUT2D eigenvalue weighted by atomic mass is 16.4. The first-order valence-corrected chi connectivity index (χ1v) is 6.64. The van der Waals surface area contributed by atoms with Gasteiger partial charge in [0.1, 0.15) is 12.1 Å². The Morgan fingerprint density at radius 2 is 2.10 bits per heavy atom. The molecule has 0 aliphatic carbocycles. The highest BCUT2D eigenvalue weighted by molar-refractivity contribution is 5.90. The third kappa shape index (κ3) is 4.43. The Kier molecular flexibility index (Phi) is 5.67. The summed E-state index contributed by atoms with van der Waals surface area (Å²) >= 11 is 0. The molecule has 1 saturated heterocycles. The summed E-state index contributed by atoms with van der Waals surface area (Å²) in [4.78, 5) is 35.9. The second-order valence-corrected chi connectivity index (χ2v) is 5.24. The van der Waals surface area contributed by atoms with Crippen molar-refractivity contribution in [3.05, 3.63) is 0 Å². The largest absolute Gasteiger partial charge is 0.480 e. The molecule has 1 aliphatic rings. The number of β-amino-alcohol motifs (C(OH)–C–C–N with tert-alkyl or cyclic N) is 1. The van der Waals surface area contributed by atoms with Gasteiger partial charge in [-0.2, -0.15) is 5.26 Å². The van der Waals surface area contributed by atoms with Gasteiger partial charge < -0.3 is 20.4 Å². The van der Waals surface area contributed by atoms with Gasteiger partial charge in [0.15, 0.2) is 0 Å². The van der Waals surface area contributed by atoms with Gasteiger partial charge in [0, 0.05) is 25.8 Å². The van der Waals surface area contributed by atoms with E-state index >= 15 is 0 Å². The molecule has 1 fully saturated rings. The second-order valence-electron chi connectivity index (χ2n) is 5.24. The topological polar surface area (TPSA) is 131 Å². The van der Waals surface area contributed by atoms with Crippen LogP contribution in [0, 0.1) is 17.2 Å². The Labute approximate surface area is 122 Å². The molecule has 4 atom stereocenters. The molecule has 1 heterocycles.